The summed E-state index contributed by atoms with van der Waals surface area (Å²) in [7, 11) is 0. The first-order chi connectivity index (χ1) is 61.4. The standard InChI is InChI=1S/C93H133N9O28/c1-8-54(4)86(81(116)44-62(38-59-23-28-67(108)29-24-59)89(126)97-73(37-53(2)3)77(112)42-63(46-84(120)121)88(125)96-55(5)17-12-14-34-94)101-91(128)65(51-103)45-78(113)74(40-60-25-30-68(109)31-26-60)98-90(127)64(47-85(122)123)43-79(114)76(52-104)100-93(130)72(57(7)106)49-80(115)75(39-58-18-10-9-11-19-58)99-92(129)71(56(6)105)48-70(111)50-95-87(124)61(27-32-83(118)119)41-69(110)21-16-20-66(107)33-36-102-35-15-13-22-82(102)117/h9-11,18-19,23-26,28-31,53-57,61-65,71-76,86,103-106,108-109H,8,12-17,20-22,27,32-52,94H2,1-7H3,(H,95,124)(H,96,125)(H,97,126)(H,98,127)(H,99,129)(H,100,130)(H,101,128)(H,118,119)(H,120,121)(H,122,123)/t54-,55+,56+,57+,61+,62+,63-,64-,65-,71-,72-,73-,74-,75-,76-,86-/m0/s1. The van der Waals surface area contributed by atoms with E-state index >= 15 is 0 Å². The number of aliphatic hydroxyl groups is 4. The highest BCUT2D eigenvalue weighted by Gasteiger charge is 2.41. The summed E-state index contributed by atoms with van der Waals surface area (Å²) in [4.78, 5) is 261. The van der Waals surface area contributed by atoms with Crippen molar-refractivity contribution in [1.29, 1.82) is 0 Å². The van der Waals surface area contributed by atoms with Crippen LogP contribution in [0.15, 0.2) is 78.9 Å². The molecule has 37 nitrogen and oxygen atoms in total. The second-order valence-corrected chi connectivity index (χ2v) is 34.6. The van der Waals surface area contributed by atoms with Gasteiger partial charge < -0.3 is 93.8 Å². The molecule has 8 amide bonds. The first-order valence-corrected chi connectivity index (χ1v) is 44.6. The number of carboxylic acids is 3. The Morgan fingerprint density at radius 2 is 0.900 bits per heavy atom. The van der Waals surface area contributed by atoms with Crippen molar-refractivity contribution in [2.45, 2.75) is 264 Å². The minimum absolute atomic E-state index is 0.0248. The second-order valence-electron chi connectivity index (χ2n) is 34.6. The van der Waals surface area contributed by atoms with Crippen LogP contribution in [-0.2, 0) is 110 Å². The molecule has 1 fully saturated rings. The number of likely N-dealkylation sites (tertiary alicyclic amines) is 1. The Morgan fingerprint density at radius 3 is 1.42 bits per heavy atom. The number of nitrogens with two attached hydrogens (primary N) is 1. The average molecular weight is 1830 g/mol. The highest BCUT2D eigenvalue weighted by atomic mass is 16.4. The van der Waals surface area contributed by atoms with E-state index in [1.807, 2.05) is 0 Å². The maximum atomic E-state index is 14.8. The van der Waals surface area contributed by atoms with Crippen LogP contribution >= 0.6 is 0 Å². The number of carbonyl (C=O) groups is 19. The highest BCUT2D eigenvalue weighted by molar-refractivity contribution is 6.01. The molecule has 718 valence electrons. The van der Waals surface area contributed by atoms with Gasteiger partial charge in [0.2, 0.25) is 47.3 Å². The van der Waals surface area contributed by atoms with E-state index in [0.29, 0.717) is 49.9 Å². The number of phenolic OH excluding ortho intramolecular Hbond substituents is 2. The van der Waals surface area contributed by atoms with Gasteiger partial charge in [-0.15, -0.1) is 0 Å². The number of carbonyl (C=O) groups excluding carboxylic acids is 16. The molecule has 3 aromatic carbocycles. The van der Waals surface area contributed by atoms with Crippen molar-refractivity contribution in [3.8, 4) is 11.5 Å². The molecule has 4 rings (SSSR count). The normalized spacial score (nSPS) is 15.8. The molecular formula is C93H133N9O28. The summed E-state index contributed by atoms with van der Waals surface area (Å²) in [6, 6.07) is 10.5. The number of unbranched alkanes of at least 4 members (excludes halogenated alkanes) is 1. The fourth-order valence-electron chi connectivity index (χ4n) is 15.2. The van der Waals surface area contributed by atoms with Crippen LogP contribution in [0.2, 0.25) is 0 Å². The summed E-state index contributed by atoms with van der Waals surface area (Å²) in [5, 5.41) is 111. The molecule has 3 aromatic rings. The van der Waals surface area contributed by atoms with Gasteiger partial charge in [0.1, 0.15) is 29.1 Å². The molecule has 1 aliphatic heterocycles. The zero-order chi connectivity index (χ0) is 97.0. The first-order valence-electron chi connectivity index (χ1n) is 44.6. The number of nitrogens with zero attached hydrogens (tertiary/aromatic N) is 1. The van der Waals surface area contributed by atoms with Crippen molar-refractivity contribution in [2.24, 2.45) is 59.0 Å². The SMILES string of the molecule is CC[C@H](C)[C@H](NC(=O)[C@H](CO)CC(=O)[C@H](Cc1ccc(O)cc1)NC(=O)[C@H](CC(=O)O)CC(=O)[C@H](CO)NC(=O)[C@@H](CC(=O)[C@H](Cc1ccccc1)NC(=O)[C@@H](CC(=O)CNC(=O)[C@H](CCC(=O)O)CC(=O)CCCC(=O)CCN1CCCCC1=O)[C@@H](C)O)[C@@H](C)O)C(=O)C[C@@H](Cc1ccc(O)cc1)C(=O)N[C@@H](CC(C)C)C(=O)C[C@@H](CC(=O)O)C(=O)N[C@H](C)CCCCN. The van der Waals surface area contributed by atoms with Crippen LogP contribution in [-0.4, -0.2) is 250 Å². The molecule has 16 atom stereocenters. The van der Waals surface area contributed by atoms with E-state index in [9.17, 15) is 137 Å². The molecule has 1 heterocycles. The topological polar surface area (TPSA) is 620 Å². The van der Waals surface area contributed by atoms with E-state index in [0.717, 1.165) is 19.8 Å². The van der Waals surface area contributed by atoms with Crippen LogP contribution in [0.25, 0.3) is 0 Å². The van der Waals surface area contributed by atoms with Gasteiger partial charge in [0, 0.05) is 108 Å². The van der Waals surface area contributed by atoms with Crippen molar-refractivity contribution in [1.82, 2.24) is 42.1 Å². The van der Waals surface area contributed by atoms with Gasteiger partial charge in [0.15, 0.2) is 34.7 Å². The molecule has 0 aromatic heterocycles. The lowest BCUT2D eigenvalue weighted by Gasteiger charge is -2.28. The van der Waals surface area contributed by atoms with Crippen LogP contribution in [0, 0.1) is 53.3 Å². The van der Waals surface area contributed by atoms with Gasteiger partial charge in [0.05, 0.1) is 98.6 Å². The smallest absolute Gasteiger partial charge is 0.304 e. The number of aromatic hydroxyl groups is 2. The van der Waals surface area contributed by atoms with E-state index in [1.165, 1.54) is 55.5 Å². The number of Topliss-reactive ketones (excluding diaryl/α,β-unsaturated/α-hetero) is 8. The van der Waals surface area contributed by atoms with E-state index in [2.05, 4.69) is 37.2 Å². The molecule has 0 bridgehead atoms. The van der Waals surface area contributed by atoms with Crippen molar-refractivity contribution in [3.05, 3.63) is 95.6 Å². The van der Waals surface area contributed by atoms with Crippen LogP contribution in [0.1, 0.15) is 213 Å². The Labute approximate surface area is 756 Å². The maximum absolute atomic E-state index is 14.8. The Kier molecular flexibility index (Phi) is 49.1. The molecule has 37 heteroatoms. The molecule has 130 heavy (non-hydrogen) atoms. The second kappa shape index (κ2) is 57.6. The van der Waals surface area contributed by atoms with Crippen molar-refractivity contribution < 1.29 is 137 Å². The molecule has 18 N–H and O–H groups in total. The molecule has 0 unspecified atom stereocenters. The fraction of sp³-hybridized carbons (Fsp3) is 0.602. The maximum Gasteiger partial charge on any atom is 0.304 e. The number of phenols is 2. The number of hydrogen-bond acceptors (Lipinski definition) is 26. The van der Waals surface area contributed by atoms with Gasteiger partial charge in [-0.2, -0.15) is 0 Å². The predicted molar refractivity (Wildman–Crippen MR) is 470 cm³/mol. The monoisotopic (exact) mass is 1820 g/mol. The molecule has 0 aliphatic carbocycles. The molecular weight excluding hydrogens is 1690 g/mol. The van der Waals surface area contributed by atoms with Gasteiger partial charge in [-0.3, -0.25) is 91.1 Å². The zero-order valence-corrected chi connectivity index (χ0v) is 75.3. The Balaban J connectivity index is 1.53. The molecule has 1 saturated heterocycles. The Morgan fingerprint density at radius 1 is 0.423 bits per heavy atom. The number of aliphatic hydroxyl groups excluding tert-OH is 4. The number of amides is 8. The lowest BCUT2D eigenvalue weighted by Crippen LogP contribution is -2.52. The number of hydrogen-bond donors (Lipinski definition) is 17. The van der Waals surface area contributed by atoms with E-state index < -0.39 is 280 Å². The molecule has 0 radical (unpaired) electrons. The first kappa shape index (κ1) is 111. The highest BCUT2D eigenvalue weighted by Crippen LogP contribution is 2.27. The molecule has 0 spiro atoms. The fourth-order valence-corrected chi connectivity index (χ4v) is 15.2. The third kappa shape index (κ3) is 40.7. The van der Waals surface area contributed by atoms with Gasteiger partial charge in [-0.05, 0) is 144 Å². The summed E-state index contributed by atoms with van der Waals surface area (Å²) in [5.74, 6) is -29.4. The van der Waals surface area contributed by atoms with Crippen LogP contribution in [0.5, 0.6) is 11.5 Å². The quantitative estimate of drug-likeness (QED) is 0.0361. The summed E-state index contributed by atoms with van der Waals surface area (Å²) in [6.45, 7) is 9.01. The third-order valence-corrected chi connectivity index (χ3v) is 23.2. The molecule has 0 saturated carbocycles. The number of rotatable bonds is 66. The van der Waals surface area contributed by atoms with Gasteiger partial charge in [-0.1, -0.05) is 95.1 Å². The van der Waals surface area contributed by atoms with E-state index in [-0.39, 0.29) is 105 Å². The summed E-state index contributed by atoms with van der Waals surface area (Å²) in [5.41, 5.74) is 6.78. The van der Waals surface area contributed by atoms with Crippen molar-refractivity contribution in [2.75, 3.05) is 39.4 Å². The van der Waals surface area contributed by atoms with E-state index in [1.54, 1.807) is 69.9 Å². The van der Waals surface area contributed by atoms with Gasteiger partial charge in [-0.25, -0.2) is 0 Å². The number of piperidine rings is 1. The number of ketones is 8. The minimum Gasteiger partial charge on any atom is -0.508 e. The molecule has 1 aliphatic rings. The summed E-state index contributed by atoms with van der Waals surface area (Å²) >= 11 is 0. The Hall–Kier alpha value is -11.4. The Bertz CT molecular complexity index is 4310. The lowest BCUT2D eigenvalue weighted by atomic mass is 9.85. The number of carboxylic acid groups (broad SMARTS) is 3. The number of nitrogens with one attached hydrogen (secondary N) is 7. The van der Waals surface area contributed by atoms with Crippen LogP contribution in [0.4, 0.5) is 0 Å². The average Bonchev–Trinajstić information content (AvgIpc) is 0.844. The largest absolute Gasteiger partial charge is 0.508 e. The van der Waals surface area contributed by atoms with E-state index in [4.69, 9.17) is 5.73 Å². The predicted octanol–water partition coefficient (Wildman–Crippen LogP) is 3.12. The van der Waals surface area contributed by atoms with Crippen molar-refractivity contribution in [3.63, 3.8) is 0 Å². The summed E-state index contributed by atoms with van der Waals surface area (Å²) < 4.78 is 0. The van der Waals surface area contributed by atoms with Gasteiger partial charge in [0.25, 0.3) is 0 Å². The lowest BCUT2D eigenvalue weighted by molar-refractivity contribution is -0.143. The van der Waals surface area contributed by atoms with Gasteiger partial charge >= 0.3 is 17.9 Å². The van der Waals surface area contributed by atoms with Crippen LogP contribution < -0.4 is 43.0 Å². The zero-order valence-electron chi connectivity index (χ0n) is 75.3. The summed E-state index contributed by atoms with van der Waals surface area (Å²) in [6.07, 6.45) is -7.86. The number of aliphatic carboxylic acids is 3. The third-order valence-electron chi connectivity index (χ3n) is 23.2. The van der Waals surface area contributed by atoms with Crippen molar-refractivity contribution >= 4 is 111 Å². The van der Waals surface area contributed by atoms with Crippen LogP contribution in [0.3, 0.4) is 0 Å². The number of benzene rings is 3. The minimum atomic E-state index is -1.99.